The van der Waals surface area contributed by atoms with Crippen molar-refractivity contribution in [2.75, 3.05) is 6.61 Å². The summed E-state index contributed by atoms with van der Waals surface area (Å²) in [6, 6.07) is -0.373. The van der Waals surface area contributed by atoms with Crippen molar-refractivity contribution in [1.29, 1.82) is 0 Å². The Morgan fingerprint density at radius 1 is 1.41 bits per heavy atom. The molecule has 0 bridgehead atoms. The second kappa shape index (κ2) is 7.83. The van der Waals surface area contributed by atoms with E-state index in [1.165, 1.54) is 11.0 Å². The minimum atomic E-state index is -0.475. The molecule has 0 radical (unpaired) electrons. The van der Waals surface area contributed by atoms with Gasteiger partial charge in [-0.15, -0.1) is 0 Å². The SMILES string of the molecule is CCCCOC(=O)N[C@@H](C)c1ncnn1-c1cnc(Br)cn1. The quantitative estimate of drug-likeness (QED) is 0.786. The van der Waals surface area contributed by atoms with Crippen LogP contribution < -0.4 is 5.32 Å². The summed E-state index contributed by atoms with van der Waals surface area (Å²) in [5.74, 6) is 1.06. The van der Waals surface area contributed by atoms with Crippen LogP contribution in [0.1, 0.15) is 38.6 Å². The Labute approximate surface area is 136 Å². The molecule has 1 amide bonds. The fourth-order valence-corrected chi connectivity index (χ4v) is 1.93. The summed E-state index contributed by atoms with van der Waals surface area (Å²) in [5.41, 5.74) is 0. The number of rotatable bonds is 6. The van der Waals surface area contributed by atoms with Crippen molar-refractivity contribution in [3.63, 3.8) is 0 Å². The van der Waals surface area contributed by atoms with Gasteiger partial charge in [-0.25, -0.2) is 19.7 Å². The highest BCUT2D eigenvalue weighted by Gasteiger charge is 2.18. The molecule has 1 atom stereocenters. The topological polar surface area (TPSA) is 94.8 Å². The van der Waals surface area contributed by atoms with Crippen LogP contribution in [0.15, 0.2) is 23.3 Å². The van der Waals surface area contributed by atoms with Gasteiger partial charge in [-0.3, -0.25) is 0 Å². The van der Waals surface area contributed by atoms with E-state index in [2.05, 4.69) is 41.3 Å². The lowest BCUT2D eigenvalue weighted by Gasteiger charge is -2.14. The van der Waals surface area contributed by atoms with E-state index < -0.39 is 6.09 Å². The molecule has 1 N–H and O–H groups in total. The molecule has 0 fully saturated rings. The molecule has 8 nitrogen and oxygen atoms in total. The number of aromatic nitrogens is 5. The van der Waals surface area contributed by atoms with Crippen molar-refractivity contribution in [2.45, 2.75) is 32.7 Å². The highest BCUT2D eigenvalue weighted by molar-refractivity contribution is 9.10. The maximum Gasteiger partial charge on any atom is 0.407 e. The van der Waals surface area contributed by atoms with Gasteiger partial charge >= 0.3 is 6.09 Å². The summed E-state index contributed by atoms with van der Waals surface area (Å²) in [4.78, 5) is 24.2. The van der Waals surface area contributed by atoms with E-state index in [1.54, 1.807) is 19.3 Å². The molecule has 9 heteroatoms. The average Bonchev–Trinajstić information content (AvgIpc) is 2.98. The fraction of sp³-hybridized carbons (Fsp3) is 0.462. The molecule has 0 unspecified atom stereocenters. The second-order valence-electron chi connectivity index (χ2n) is 4.58. The van der Waals surface area contributed by atoms with E-state index in [0.29, 0.717) is 22.9 Å². The molecule has 2 aromatic rings. The van der Waals surface area contributed by atoms with Crippen LogP contribution in [0.5, 0.6) is 0 Å². The third-order valence-corrected chi connectivity index (χ3v) is 3.26. The van der Waals surface area contributed by atoms with Crippen LogP contribution >= 0.6 is 15.9 Å². The summed E-state index contributed by atoms with van der Waals surface area (Å²) in [6.45, 7) is 4.24. The number of nitrogens with one attached hydrogen (secondary N) is 1. The maximum atomic E-state index is 11.7. The summed E-state index contributed by atoms with van der Waals surface area (Å²) < 4.78 is 7.22. The first-order valence-electron chi connectivity index (χ1n) is 6.93. The number of unbranched alkanes of at least 4 members (excludes halogenated alkanes) is 1. The number of hydrogen-bond donors (Lipinski definition) is 1. The molecule has 2 aromatic heterocycles. The smallest absolute Gasteiger partial charge is 0.407 e. The number of alkyl carbamates (subject to hydrolysis) is 1. The molecule has 0 aliphatic carbocycles. The van der Waals surface area contributed by atoms with Gasteiger partial charge in [0.25, 0.3) is 0 Å². The number of halogens is 1. The van der Waals surface area contributed by atoms with Gasteiger partial charge in [0.2, 0.25) is 0 Å². The highest BCUT2D eigenvalue weighted by atomic mass is 79.9. The molecule has 22 heavy (non-hydrogen) atoms. The van der Waals surface area contributed by atoms with Gasteiger partial charge in [0.15, 0.2) is 11.6 Å². The van der Waals surface area contributed by atoms with Crippen molar-refractivity contribution >= 4 is 22.0 Å². The molecule has 0 spiro atoms. The molecule has 0 aliphatic heterocycles. The van der Waals surface area contributed by atoms with Crippen LogP contribution in [0.2, 0.25) is 0 Å². The zero-order valence-corrected chi connectivity index (χ0v) is 13.9. The van der Waals surface area contributed by atoms with E-state index in [9.17, 15) is 4.79 Å². The van der Waals surface area contributed by atoms with Crippen LogP contribution in [0.25, 0.3) is 5.82 Å². The standard InChI is InChI=1S/C13H17BrN6O2/c1-3-4-5-22-13(21)19-9(2)12-17-8-18-20(12)11-7-15-10(14)6-16-11/h6-9H,3-5H2,1-2H3,(H,19,21)/t9-/m0/s1. The summed E-state index contributed by atoms with van der Waals surface area (Å²) >= 11 is 3.23. The van der Waals surface area contributed by atoms with Crippen LogP contribution in [0.4, 0.5) is 4.79 Å². The first-order valence-corrected chi connectivity index (χ1v) is 7.72. The first-order chi connectivity index (χ1) is 10.6. The van der Waals surface area contributed by atoms with Gasteiger partial charge in [-0.2, -0.15) is 9.78 Å². The minimum Gasteiger partial charge on any atom is -0.450 e. The summed E-state index contributed by atoms with van der Waals surface area (Å²) in [5, 5.41) is 6.84. The second-order valence-corrected chi connectivity index (χ2v) is 5.40. The highest BCUT2D eigenvalue weighted by Crippen LogP contribution is 2.13. The number of hydrogen-bond acceptors (Lipinski definition) is 6. The van der Waals surface area contributed by atoms with E-state index in [1.807, 2.05) is 6.92 Å². The molecule has 0 saturated carbocycles. The normalized spacial score (nSPS) is 12.0. The van der Waals surface area contributed by atoms with Gasteiger partial charge in [0.1, 0.15) is 10.9 Å². The number of nitrogens with zero attached hydrogens (tertiary/aromatic N) is 5. The minimum absolute atomic E-state index is 0.373. The van der Waals surface area contributed by atoms with Crippen LogP contribution in [0, 0.1) is 0 Å². The van der Waals surface area contributed by atoms with Crippen molar-refractivity contribution in [2.24, 2.45) is 0 Å². The van der Waals surface area contributed by atoms with E-state index in [-0.39, 0.29) is 6.04 Å². The zero-order valence-electron chi connectivity index (χ0n) is 12.4. The fourth-order valence-electron chi connectivity index (χ4n) is 1.73. The maximum absolute atomic E-state index is 11.7. The largest absolute Gasteiger partial charge is 0.450 e. The van der Waals surface area contributed by atoms with Crippen molar-refractivity contribution in [3.05, 3.63) is 29.1 Å². The number of carbonyl (C=O) groups is 1. The van der Waals surface area contributed by atoms with Gasteiger partial charge in [-0.1, -0.05) is 13.3 Å². The van der Waals surface area contributed by atoms with Gasteiger partial charge < -0.3 is 10.1 Å². The zero-order chi connectivity index (χ0) is 15.9. The summed E-state index contributed by atoms with van der Waals surface area (Å²) in [6.07, 6.45) is 5.87. The first kappa shape index (κ1) is 16.3. The van der Waals surface area contributed by atoms with Crippen molar-refractivity contribution in [3.8, 4) is 5.82 Å². The Bertz CT molecular complexity index is 615. The Hall–Kier alpha value is -2.03. The van der Waals surface area contributed by atoms with Crippen LogP contribution in [-0.4, -0.2) is 37.4 Å². The Balaban J connectivity index is 2.05. The predicted octanol–water partition coefficient (Wildman–Crippen LogP) is 2.41. The molecule has 0 aliphatic rings. The van der Waals surface area contributed by atoms with E-state index >= 15 is 0 Å². The monoisotopic (exact) mass is 368 g/mol. The Morgan fingerprint density at radius 2 is 2.23 bits per heavy atom. The molecule has 118 valence electrons. The number of amides is 1. The van der Waals surface area contributed by atoms with Gasteiger partial charge in [0.05, 0.1) is 25.0 Å². The summed E-state index contributed by atoms with van der Waals surface area (Å²) in [7, 11) is 0. The lowest BCUT2D eigenvalue weighted by Crippen LogP contribution is -2.29. The van der Waals surface area contributed by atoms with E-state index in [4.69, 9.17) is 4.74 Å². The molecular weight excluding hydrogens is 352 g/mol. The Morgan fingerprint density at radius 3 is 2.91 bits per heavy atom. The Kier molecular flexibility index (Phi) is 5.82. The van der Waals surface area contributed by atoms with Crippen molar-refractivity contribution < 1.29 is 9.53 Å². The van der Waals surface area contributed by atoms with Gasteiger partial charge in [0, 0.05) is 0 Å². The van der Waals surface area contributed by atoms with E-state index in [0.717, 1.165) is 12.8 Å². The lowest BCUT2D eigenvalue weighted by molar-refractivity contribution is 0.141. The molecule has 0 aromatic carbocycles. The van der Waals surface area contributed by atoms with Crippen LogP contribution in [0.3, 0.4) is 0 Å². The molecule has 0 saturated heterocycles. The third kappa shape index (κ3) is 4.23. The van der Waals surface area contributed by atoms with Crippen LogP contribution in [-0.2, 0) is 4.74 Å². The number of ether oxygens (including phenoxy) is 1. The molecular formula is C13H17BrN6O2. The number of carbonyl (C=O) groups excluding carboxylic acids is 1. The average molecular weight is 369 g/mol. The predicted molar refractivity (Wildman–Crippen MR) is 82.5 cm³/mol. The lowest BCUT2D eigenvalue weighted by atomic mass is 10.3. The third-order valence-electron chi connectivity index (χ3n) is 2.85. The van der Waals surface area contributed by atoms with Crippen molar-refractivity contribution in [1.82, 2.24) is 30.0 Å². The van der Waals surface area contributed by atoms with Gasteiger partial charge in [-0.05, 0) is 29.3 Å². The molecule has 2 heterocycles. The molecule has 2 rings (SSSR count).